The SMILES string of the molecule is Cc1cc(O)cc(-c2nn(CCC#N)cc2-c2ccnc(N[C@@H]3CCOC3)n2)c1. The van der Waals surface area contributed by atoms with Gasteiger partial charge in [0, 0.05) is 30.1 Å². The Hall–Kier alpha value is -3.44. The van der Waals surface area contributed by atoms with Crippen LogP contribution in [0.1, 0.15) is 18.4 Å². The fourth-order valence-electron chi connectivity index (χ4n) is 3.41. The van der Waals surface area contributed by atoms with Gasteiger partial charge in [0.2, 0.25) is 5.95 Å². The highest BCUT2D eigenvalue weighted by Crippen LogP contribution is 2.33. The normalized spacial score (nSPS) is 15.9. The number of aromatic nitrogens is 4. The molecule has 0 saturated carbocycles. The van der Waals surface area contributed by atoms with Crippen LogP contribution in [0.25, 0.3) is 22.5 Å². The van der Waals surface area contributed by atoms with Crippen LogP contribution in [0, 0.1) is 18.3 Å². The molecule has 1 aliphatic rings. The van der Waals surface area contributed by atoms with Gasteiger partial charge in [-0.05, 0) is 43.2 Å². The predicted octanol–water partition coefficient (Wildman–Crippen LogP) is 3.14. The second kappa shape index (κ2) is 8.29. The molecule has 8 nitrogen and oxygen atoms in total. The summed E-state index contributed by atoms with van der Waals surface area (Å²) in [5, 5.41) is 26.9. The van der Waals surface area contributed by atoms with E-state index in [1.807, 2.05) is 25.3 Å². The smallest absolute Gasteiger partial charge is 0.223 e. The summed E-state index contributed by atoms with van der Waals surface area (Å²) in [5.41, 5.74) is 3.98. The summed E-state index contributed by atoms with van der Waals surface area (Å²) < 4.78 is 7.15. The zero-order chi connectivity index (χ0) is 20.2. The average molecular weight is 390 g/mol. The summed E-state index contributed by atoms with van der Waals surface area (Å²) in [6.45, 7) is 3.79. The summed E-state index contributed by atoms with van der Waals surface area (Å²) >= 11 is 0. The third kappa shape index (κ3) is 4.36. The van der Waals surface area contributed by atoms with Gasteiger partial charge in [-0.25, -0.2) is 9.97 Å². The van der Waals surface area contributed by atoms with E-state index in [4.69, 9.17) is 10.00 Å². The largest absolute Gasteiger partial charge is 0.508 e. The minimum atomic E-state index is 0.184. The van der Waals surface area contributed by atoms with Crippen molar-refractivity contribution in [2.75, 3.05) is 18.5 Å². The molecule has 2 N–H and O–H groups in total. The predicted molar refractivity (Wildman–Crippen MR) is 108 cm³/mol. The molecule has 0 bridgehead atoms. The number of hydrogen-bond acceptors (Lipinski definition) is 7. The number of aromatic hydroxyl groups is 1. The summed E-state index contributed by atoms with van der Waals surface area (Å²) in [6.07, 6.45) is 4.88. The van der Waals surface area contributed by atoms with Crippen molar-refractivity contribution in [2.24, 2.45) is 0 Å². The molecule has 1 aromatic carbocycles. The number of phenols is 1. The zero-order valence-corrected chi connectivity index (χ0v) is 16.2. The van der Waals surface area contributed by atoms with Crippen molar-refractivity contribution >= 4 is 5.95 Å². The van der Waals surface area contributed by atoms with E-state index in [0.717, 1.165) is 35.4 Å². The van der Waals surface area contributed by atoms with Crippen molar-refractivity contribution in [1.82, 2.24) is 19.7 Å². The number of benzene rings is 1. The van der Waals surface area contributed by atoms with Crippen molar-refractivity contribution in [3.05, 3.63) is 42.2 Å². The van der Waals surface area contributed by atoms with Crippen LogP contribution >= 0.6 is 0 Å². The molecule has 1 atom stereocenters. The van der Waals surface area contributed by atoms with Gasteiger partial charge in [0.1, 0.15) is 11.4 Å². The van der Waals surface area contributed by atoms with E-state index < -0.39 is 0 Å². The van der Waals surface area contributed by atoms with E-state index in [1.54, 1.807) is 23.0 Å². The second-order valence-electron chi connectivity index (χ2n) is 7.09. The van der Waals surface area contributed by atoms with E-state index in [-0.39, 0.29) is 11.8 Å². The third-order valence-electron chi connectivity index (χ3n) is 4.74. The second-order valence-corrected chi connectivity index (χ2v) is 7.09. The van der Waals surface area contributed by atoms with Crippen LogP contribution in [0.4, 0.5) is 5.95 Å². The molecule has 1 saturated heterocycles. The first-order chi connectivity index (χ1) is 14.1. The highest BCUT2D eigenvalue weighted by atomic mass is 16.5. The van der Waals surface area contributed by atoms with Gasteiger partial charge in [0.25, 0.3) is 0 Å². The summed E-state index contributed by atoms with van der Waals surface area (Å²) in [6, 6.07) is 9.54. The van der Waals surface area contributed by atoms with Crippen molar-refractivity contribution in [2.45, 2.75) is 32.4 Å². The monoisotopic (exact) mass is 390 g/mol. The highest BCUT2D eigenvalue weighted by Gasteiger charge is 2.19. The lowest BCUT2D eigenvalue weighted by atomic mass is 10.0. The Morgan fingerprint density at radius 2 is 2.28 bits per heavy atom. The molecule has 0 aliphatic carbocycles. The van der Waals surface area contributed by atoms with E-state index in [1.165, 1.54) is 0 Å². The molecule has 0 unspecified atom stereocenters. The Balaban J connectivity index is 1.73. The number of nitrogens with zero attached hydrogens (tertiary/aromatic N) is 5. The molecule has 0 radical (unpaired) electrons. The number of phenolic OH excluding ortho intramolecular Hbond substituents is 1. The lowest BCUT2D eigenvalue weighted by molar-refractivity contribution is 0.195. The average Bonchev–Trinajstić information content (AvgIpc) is 3.35. The van der Waals surface area contributed by atoms with Gasteiger partial charge in [0.15, 0.2) is 0 Å². The minimum Gasteiger partial charge on any atom is -0.508 e. The maximum absolute atomic E-state index is 10.0. The van der Waals surface area contributed by atoms with Crippen molar-refractivity contribution in [1.29, 1.82) is 5.26 Å². The quantitative estimate of drug-likeness (QED) is 0.665. The van der Waals surface area contributed by atoms with E-state index in [0.29, 0.717) is 31.2 Å². The molecule has 3 aromatic rings. The van der Waals surface area contributed by atoms with Gasteiger partial charge in [0.05, 0.1) is 37.4 Å². The van der Waals surface area contributed by atoms with Gasteiger partial charge in [-0.2, -0.15) is 10.4 Å². The topological polar surface area (TPSA) is 109 Å². The van der Waals surface area contributed by atoms with Gasteiger partial charge < -0.3 is 15.2 Å². The van der Waals surface area contributed by atoms with Crippen LogP contribution in [0.15, 0.2) is 36.7 Å². The molecule has 2 aromatic heterocycles. The van der Waals surface area contributed by atoms with Crippen LogP contribution in [0.2, 0.25) is 0 Å². The molecule has 0 spiro atoms. The fourth-order valence-corrected chi connectivity index (χ4v) is 3.41. The number of nitriles is 1. The van der Waals surface area contributed by atoms with Gasteiger partial charge >= 0.3 is 0 Å². The third-order valence-corrected chi connectivity index (χ3v) is 4.74. The van der Waals surface area contributed by atoms with Crippen LogP contribution in [0.5, 0.6) is 5.75 Å². The number of aryl methyl sites for hydroxylation is 2. The lowest BCUT2D eigenvalue weighted by Crippen LogP contribution is -2.20. The molecule has 1 aliphatic heterocycles. The van der Waals surface area contributed by atoms with Crippen molar-refractivity contribution in [3.63, 3.8) is 0 Å². The molecule has 29 heavy (non-hydrogen) atoms. The van der Waals surface area contributed by atoms with Crippen LogP contribution in [-0.4, -0.2) is 44.1 Å². The first-order valence-electron chi connectivity index (χ1n) is 9.55. The molecule has 4 rings (SSSR count). The van der Waals surface area contributed by atoms with Gasteiger partial charge in [-0.1, -0.05) is 0 Å². The highest BCUT2D eigenvalue weighted by molar-refractivity contribution is 5.79. The number of rotatable bonds is 6. The Morgan fingerprint density at radius 1 is 1.38 bits per heavy atom. The van der Waals surface area contributed by atoms with Crippen LogP contribution in [0.3, 0.4) is 0 Å². The molecule has 0 amide bonds. The van der Waals surface area contributed by atoms with Gasteiger partial charge in [-0.15, -0.1) is 0 Å². The van der Waals surface area contributed by atoms with E-state index >= 15 is 0 Å². The Labute approximate surface area is 168 Å². The summed E-state index contributed by atoms with van der Waals surface area (Å²) in [4.78, 5) is 9.00. The van der Waals surface area contributed by atoms with Crippen LogP contribution in [-0.2, 0) is 11.3 Å². The standard InChI is InChI=1S/C21H22N6O2/c1-14-9-15(11-17(28)10-14)20-18(12-27(26-20)7-2-5-22)19-3-6-23-21(25-19)24-16-4-8-29-13-16/h3,6,9-12,16,28H,2,4,7-8,13H2,1H3,(H,23,24,25)/t16-/m1/s1. The van der Waals surface area contributed by atoms with Crippen molar-refractivity contribution < 1.29 is 9.84 Å². The Kier molecular flexibility index (Phi) is 5.40. The fraction of sp³-hybridized carbons (Fsp3) is 0.333. The number of anilines is 1. The summed E-state index contributed by atoms with van der Waals surface area (Å²) in [7, 11) is 0. The maximum Gasteiger partial charge on any atom is 0.223 e. The summed E-state index contributed by atoms with van der Waals surface area (Å²) in [5.74, 6) is 0.726. The molecule has 1 fully saturated rings. The Morgan fingerprint density at radius 3 is 3.03 bits per heavy atom. The lowest BCUT2D eigenvalue weighted by Gasteiger charge is -2.11. The van der Waals surface area contributed by atoms with E-state index in [2.05, 4.69) is 26.5 Å². The van der Waals surface area contributed by atoms with Crippen molar-refractivity contribution in [3.8, 4) is 34.3 Å². The van der Waals surface area contributed by atoms with Crippen LogP contribution < -0.4 is 5.32 Å². The first kappa shape index (κ1) is 18.9. The van der Waals surface area contributed by atoms with Gasteiger partial charge in [-0.3, -0.25) is 4.68 Å². The number of ether oxygens (including phenoxy) is 1. The first-order valence-corrected chi connectivity index (χ1v) is 9.55. The molecule has 8 heteroatoms. The molecular formula is C21H22N6O2. The number of nitrogens with one attached hydrogen (secondary N) is 1. The number of hydrogen-bond donors (Lipinski definition) is 2. The molecule has 3 heterocycles. The minimum absolute atomic E-state index is 0.184. The van der Waals surface area contributed by atoms with E-state index in [9.17, 15) is 5.11 Å². The zero-order valence-electron chi connectivity index (χ0n) is 16.2. The maximum atomic E-state index is 10.0. The molecule has 148 valence electrons. The molecular weight excluding hydrogens is 368 g/mol. The Bertz CT molecular complexity index is 1030.